The van der Waals surface area contributed by atoms with Gasteiger partial charge >= 0.3 is 0 Å². The third-order valence-electron chi connectivity index (χ3n) is 1.98. The molecule has 1 atom stereocenters. The van der Waals surface area contributed by atoms with Gasteiger partial charge in [0, 0.05) is 6.54 Å². The fraction of sp³-hybridized carbons (Fsp3) is 0.909. The molecule has 0 radical (unpaired) electrons. The fourth-order valence-corrected chi connectivity index (χ4v) is 0.765. The van der Waals surface area contributed by atoms with Crippen LogP contribution in [0, 0.1) is 5.92 Å². The van der Waals surface area contributed by atoms with Crippen molar-refractivity contribution in [2.75, 3.05) is 13.2 Å². The molecule has 1 unspecified atom stereocenters. The van der Waals surface area contributed by atoms with Crippen LogP contribution in [0.15, 0.2) is 0 Å². The number of hydrogen-bond acceptors (Lipinski definition) is 2. The van der Waals surface area contributed by atoms with Crippen molar-refractivity contribution < 1.29 is 9.53 Å². The lowest BCUT2D eigenvalue weighted by Crippen LogP contribution is -2.34. The lowest BCUT2D eigenvalue weighted by atomic mass is 10.1. The highest BCUT2D eigenvalue weighted by Crippen LogP contribution is 2.05. The molecule has 0 rings (SSSR count). The Bertz CT molecular complexity index is 173. The Morgan fingerprint density at radius 2 is 2.00 bits per heavy atom. The fourth-order valence-electron chi connectivity index (χ4n) is 0.765. The van der Waals surface area contributed by atoms with E-state index < -0.39 is 0 Å². The van der Waals surface area contributed by atoms with Gasteiger partial charge in [-0.25, -0.2) is 0 Å². The van der Waals surface area contributed by atoms with Gasteiger partial charge < -0.3 is 10.1 Å². The third kappa shape index (κ3) is 8.05. The normalized spacial score (nSPS) is 13.8. The Hall–Kier alpha value is -0.570. The molecule has 0 saturated heterocycles. The van der Waals surface area contributed by atoms with E-state index in [-0.39, 0.29) is 18.1 Å². The zero-order chi connectivity index (χ0) is 11.2. The SMILES string of the molecule is CCC(C)CNC(=O)COC(C)(C)C. The molecule has 0 spiro atoms. The smallest absolute Gasteiger partial charge is 0.246 e. The lowest BCUT2D eigenvalue weighted by Gasteiger charge is -2.19. The summed E-state index contributed by atoms with van der Waals surface area (Å²) in [6, 6.07) is 0. The summed E-state index contributed by atoms with van der Waals surface area (Å²) in [5.74, 6) is 0.508. The summed E-state index contributed by atoms with van der Waals surface area (Å²) in [5.41, 5.74) is -0.242. The van der Waals surface area contributed by atoms with Gasteiger partial charge in [-0.1, -0.05) is 20.3 Å². The van der Waals surface area contributed by atoms with Gasteiger partial charge in [-0.05, 0) is 26.7 Å². The van der Waals surface area contributed by atoms with Crippen LogP contribution in [-0.4, -0.2) is 24.7 Å². The second kappa shape index (κ2) is 6.02. The van der Waals surface area contributed by atoms with Crippen LogP contribution in [0.1, 0.15) is 41.0 Å². The molecule has 0 aromatic rings. The molecule has 1 amide bonds. The second-order valence-corrected chi connectivity index (χ2v) is 4.72. The number of nitrogens with one attached hydrogen (secondary N) is 1. The van der Waals surface area contributed by atoms with Gasteiger partial charge in [0.1, 0.15) is 6.61 Å². The number of rotatable bonds is 5. The maximum absolute atomic E-state index is 11.3. The summed E-state index contributed by atoms with van der Waals surface area (Å²) in [4.78, 5) is 11.3. The zero-order valence-corrected chi connectivity index (χ0v) is 10.0. The van der Waals surface area contributed by atoms with Crippen molar-refractivity contribution in [3.05, 3.63) is 0 Å². The average Bonchev–Trinajstić information content (AvgIpc) is 2.09. The molecule has 0 aromatic carbocycles. The second-order valence-electron chi connectivity index (χ2n) is 4.72. The van der Waals surface area contributed by atoms with E-state index in [0.717, 1.165) is 13.0 Å². The summed E-state index contributed by atoms with van der Waals surface area (Å²) >= 11 is 0. The highest BCUT2D eigenvalue weighted by Gasteiger charge is 2.12. The lowest BCUT2D eigenvalue weighted by molar-refractivity contribution is -0.130. The monoisotopic (exact) mass is 201 g/mol. The van der Waals surface area contributed by atoms with Gasteiger partial charge in [0.15, 0.2) is 0 Å². The summed E-state index contributed by atoms with van der Waals surface area (Å²) in [6.45, 7) is 10.9. The maximum atomic E-state index is 11.3. The summed E-state index contributed by atoms with van der Waals surface area (Å²) in [5, 5.41) is 2.84. The van der Waals surface area contributed by atoms with E-state index in [9.17, 15) is 4.79 Å². The first-order valence-electron chi connectivity index (χ1n) is 5.25. The molecular weight excluding hydrogens is 178 g/mol. The van der Waals surface area contributed by atoms with Crippen molar-refractivity contribution in [3.63, 3.8) is 0 Å². The molecular formula is C11H23NO2. The van der Waals surface area contributed by atoms with Crippen molar-refractivity contribution in [2.24, 2.45) is 5.92 Å². The van der Waals surface area contributed by atoms with Crippen molar-refractivity contribution in [1.82, 2.24) is 5.32 Å². The number of carbonyl (C=O) groups is 1. The molecule has 0 fully saturated rings. The first kappa shape index (κ1) is 13.4. The summed E-state index contributed by atoms with van der Waals surface area (Å²) in [7, 11) is 0. The van der Waals surface area contributed by atoms with Crippen LogP contribution >= 0.6 is 0 Å². The topological polar surface area (TPSA) is 38.3 Å². The Kier molecular flexibility index (Phi) is 5.77. The van der Waals surface area contributed by atoms with Gasteiger partial charge in [-0.2, -0.15) is 0 Å². The molecule has 1 N–H and O–H groups in total. The largest absolute Gasteiger partial charge is 0.366 e. The standard InChI is InChI=1S/C11H23NO2/c1-6-9(2)7-12-10(13)8-14-11(3,4)5/h9H,6-8H2,1-5H3,(H,12,13). The molecule has 0 saturated carbocycles. The third-order valence-corrected chi connectivity index (χ3v) is 1.98. The number of amides is 1. The minimum Gasteiger partial charge on any atom is -0.366 e. The maximum Gasteiger partial charge on any atom is 0.246 e. The molecule has 0 aromatic heterocycles. The molecule has 0 aliphatic carbocycles. The first-order chi connectivity index (χ1) is 6.35. The molecule has 84 valence electrons. The van der Waals surface area contributed by atoms with Crippen LogP contribution in [0.2, 0.25) is 0 Å². The van der Waals surface area contributed by atoms with Crippen molar-refractivity contribution in [3.8, 4) is 0 Å². The Morgan fingerprint density at radius 1 is 1.43 bits per heavy atom. The highest BCUT2D eigenvalue weighted by atomic mass is 16.5. The van der Waals surface area contributed by atoms with E-state index in [1.54, 1.807) is 0 Å². The molecule has 3 heteroatoms. The molecule has 0 aliphatic rings. The predicted molar refractivity (Wildman–Crippen MR) is 58.2 cm³/mol. The van der Waals surface area contributed by atoms with E-state index in [0.29, 0.717) is 5.92 Å². The number of hydrogen-bond donors (Lipinski definition) is 1. The van der Waals surface area contributed by atoms with E-state index >= 15 is 0 Å². The van der Waals surface area contributed by atoms with Crippen molar-refractivity contribution in [1.29, 1.82) is 0 Å². The van der Waals surface area contributed by atoms with E-state index in [1.165, 1.54) is 0 Å². The van der Waals surface area contributed by atoms with E-state index in [2.05, 4.69) is 19.2 Å². The Balaban J connectivity index is 3.57. The minimum absolute atomic E-state index is 0.0276. The van der Waals surface area contributed by atoms with Crippen LogP contribution < -0.4 is 5.32 Å². The number of ether oxygens (including phenoxy) is 1. The van der Waals surface area contributed by atoms with E-state index in [1.807, 2.05) is 20.8 Å². The molecule has 3 nitrogen and oxygen atoms in total. The van der Waals surface area contributed by atoms with Gasteiger partial charge in [0.2, 0.25) is 5.91 Å². The first-order valence-corrected chi connectivity index (χ1v) is 5.25. The van der Waals surface area contributed by atoms with Crippen LogP contribution in [0.3, 0.4) is 0 Å². The van der Waals surface area contributed by atoms with Gasteiger partial charge in [-0.15, -0.1) is 0 Å². The van der Waals surface area contributed by atoms with Gasteiger partial charge in [0.25, 0.3) is 0 Å². The number of carbonyl (C=O) groups excluding carboxylic acids is 1. The van der Waals surface area contributed by atoms with Crippen LogP contribution in [0.25, 0.3) is 0 Å². The van der Waals surface area contributed by atoms with Gasteiger partial charge in [-0.3, -0.25) is 4.79 Å². The predicted octanol–water partition coefficient (Wildman–Crippen LogP) is 1.96. The molecule has 0 aliphatic heterocycles. The van der Waals surface area contributed by atoms with Crippen LogP contribution in [-0.2, 0) is 9.53 Å². The quantitative estimate of drug-likeness (QED) is 0.738. The average molecular weight is 201 g/mol. The van der Waals surface area contributed by atoms with Gasteiger partial charge in [0.05, 0.1) is 5.60 Å². The Morgan fingerprint density at radius 3 is 2.43 bits per heavy atom. The summed E-state index contributed by atoms with van der Waals surface area (Å²) < 4.78 is 5.35. The highest BCUT2D eigenvalue weighted by molar-refractivity contribution is 5.77. The molecule has 14 heavy (non-hydrogen) atoms. The van der Waals surface area contributed by atoms with Crippen LogP contribution in [0.5, 0.6) is 0 Å². The summed E-state index contributed by atoms with van der Waals surface area (Å²) in [6.07, 6.45) is 1.08. The van der Waals surface area contributed by atoms with Crippen molar-refractivity contribution in [2.45, 2.75) is 46.6 Å². The molecule has 0 bridgehead atoms. The van der Waals surface area contributed by atoms with Crippen LogP contribution in [0.4, 0.5) is 0 Å². The van der Waals surface area contributed by atoms with Crippen molar-refractivity contribution >= 4 is 5.91 Å². The zero-order valence-electron chi connectivity index (χ0n) is 10.0. The Labute approximate surface area is 87.2 Å². The minimum atomic E-state index is -0.242. The van der Waals surface area contributed by atoms with E-state index in [4.69, 9.17) is 4.74 Å². The molecule has 0 heterocycles.